The molecule has 0 aliphatic carbocycles. The molecule has 3 aromatic rings. The van der Waals surface area contributed by atoms with Gasteiger partial charge in [0.1, 0.15) is 6.67 Å². The van der Waals surface area contributed by atoms with Gasteiger partial charge >= 0.3 is 0 Å². The number of nitrogens with one attached hydrogen (secondary N) is 2. The summed E-state index contributed by atoms with van der Waals surface area (Å²) in [6.07, 6.45) is 5.59. The molecule has 0 aliphatic heterocycles. The normalized spacial score (nSPS) is 11.5. The molecule has 1 amide bonds. The van der Waals surface area contributed by atoms with Gasteiger partial charge in [0.25, 0.3) is 0 Å². The maximum Gasteiger partial charge on any atom is 0.244 e. The van der Waals surface area contributed by atoms with Gasteiger partial charge in [-0.15, -0.1) is 0 Å². The Bertz CT molecular complexity index is 1210. The summed E-state index contributed by atoms with van der Waals surface area (Å²) in [5.74, 6) is -0.281. The molecule has 2 aromatic carbocycles. The van der Waals surface area contributed by atoms with Crippen LogP contribution < -0.4 is 10.0 Å². The Kier molecular flexibility index (Phi) is 8.32. The predicted octanol–water partition coefficient (Wildman–Crippen LogP) is 4.04. The number of aryl methyl sites for hydroxylation is 2. The van der Waals surface area contributed by atoms with Crippen molar-refractivity contribution in [2.75, 3.05) is 11.0 Å². The number of halogens is 1. The molecule has 0 unspecified atom stereocenters. The van der Waals surface area contributed by atoms with Gasteiger partial charge < -0.3 is 5.32 Å². The number of sulfonamides is 1. The number of hydrogen-bond donors (Lipinski definition) is 2. The van der Waals surface area contributed by atoms with Crippen molar-refractivity contribution < 1.29 is 17.6 Å². The molecule has 3 rings (SSSR count). The van der Waals surface area contributed by atoms with E-state index < -0.39 is 16.7 Å². The summed E-state index contributed by atoms with van der Waals surface area (Å²) in [6.45, 7) is -0.344. The minimum atomic E-state index is -3.33. The lowest BCUT2D eigenvalue weighted by Gasteiger charge is -2.08. The van der Waals surface area contributed by atoms with Crippen LogP contribution in [0.3, 0.4) is 0 Å². The van der Waals surface area contributed by atoms with Crippen LogP contribution in [0.15, 0.2) is 72.8 Å². The molecule has 0 fully saturated rings. The van der Waals surface area contributed by atoms with Crippen LogP contribution in [0.4, 0.5) is 10.1 Å². The number of carbonyl (C=O) groups is 1. The number of amides is 1. The number of anilines is 1. The van der Waals surface area contributed by atoms with Crippen molar-refractivity contribution in [3.63, 3.8) is 0 Å². The number of nitrogens with zero attached hydrogens (tertiary/aromatic N) is 1. The fourth-order valence-corrected chi connectivity index (χ4v) is 3.77. The first-order valence-electron chi connectivity index (χ1n) is 10.4. The molecule has 1 heterocycles. The van der Waals surface area contributed by atoms with E-state index >= 15 is 0 Å². The summed E-state index contributed by atoms with van der Waals surface area (Å²) < 4.78 is 38.0. The van der Waals surface area contributed by atoms with Crippen molar-refractivity contribution in [3.05, 3.63) is 101 Å². The second-order valence-electron chi connectivity index (χ2n) is 7.58. The van der Waals surface area contributed by atoms with E-state index in [1.165, 1.54) is 6.08 Å². The highest BCUT2D eigenvalue weighted by Crippen LogP contribution is 2.15. The SMILES string of the molecule is CS(=O)(=O)Nc1ccc(CNC(=O)/C=C/c2ccc(CF)nc2CCc2ccccc2)cc1. The summed E-state index contributed by atoms with van der Waals surface area (Å²) in [5.41, 5.74) is 4.33. The molecule has 0 aliphatic rings. The van der Waals surface area contributed by atoms with Gasteiger partial charge in [-0.25, -0.2) is 12.8 Å². The molecule has 8 heteroatoms. The first-order valence-corrected chi connectivity index (χ1v) is 12.3. The Morgan fingerprint density at radius 2 is 1.70 bits per heavy atom. The highest BCUT2D eigenvalue weighted by molar-refractivity contribution is 7.92. The summed E-state index contributed by atoms with van der Waals surface area (Å²) in [4.78, 5) is 16.7. The van der Waals surface area contributed by atoms with Crippen LogP contribution >= 0.6 is 0 Å². The lowest BCUT2D eigenvalue weighted by atomic mass is 10.0. The zero-order valence-corrected chi connectivity index (χ0v) is 19.1. The molecular formula is C25H26FN3O3S. The van der Waals surface area contributed by atoms with Crippen LogP contribution in [0, 0.1) is 0 Å². The minimum absolute atomic E-state index is 0.281. The van der Waals surface area contributed by atoms with E-state index in [2.05, 4.69) is 15.0 Å². The van der Waals surface area contributed by atoms with E-state index in [0.717, 1.165) is 35.1 Å². The molecule has 0 atom stereocenters. The summed E-state index contributed by atoms with van der Waals surface area (Å²) in [7, 11) is -3.33. The number of alkyl halides is 1. The highest BCUT2D eigenvalue weighted by Gasteiger charge is 2.06. The Hall–Kier alpha value is -3.52. The average Bonchev–Trinajstić information content (AvgIpc) is 2.81. The number of carbonyl (C=O) groups excluding carboxylic acids is 1. The molecule has 0 saturated carbocycles. The quantitative estimate of drug-likeness (QED) is 0.441. The third-order valence-corrected chi connectivity index (χ3v) is 5.44. The van der Waals surface area contributed by atoms with E-state index in [1.807, 2.05) is 30.3 Å². The number of aromatic nitrogens is 1. The van der Waals surface area contributed by atoms with E-state index in [1.54, 1.807) is 42.5 Å². The van der Waals surface area contributed by atoms with Gasteiger partial charge in [0.2, 0.25) is 15.9 Å². The molecule has 0 spiro atoms. The standard InChI is InChI=1S/C25H26FN3O3S/c1-33(31,32)29-22-12-7-20(8-13-22)18-27-25(30)16-11-21-10-14-23(17-26)28-24(21)15-9-19-5-3-2-4-6-19/h2-8,10-14,16,29H,9,15,17-18H2,1H3,(H,27,30)/b16-11+. The molecule has 0 saturated heterocycles. The summed E-state index contributed by atoms with van der Waals surface area (Å²) in [6, 6.07) is 20.1. The zero-order chi connectivity index (χ0) is 23.7. The Morgan fingerprint density at radius 3 is 2.36 bits per heavy atom. The van der Waals surface area contributed by atoms with Gasteiger partial charge in [0.15, 0.2) is 0 Å². The van der Waals surface area contributed by atoms with Gasteiger partial charge in [0.05, 0.1) is 11.9 Å². The van der Waals surface area contributed by atoms with E-state index in [-0.39, 0.29) is 5.91 Å². The third kappa shape index (κ3) is 8.16. The maximum atomic E-state index is 13.1. The predicted molar refractivity (Wildman–Crippen MR) is 129 cm³/mol. The lowest BCUT2D eigenvalue weighted by Crippen LogP contribution is -2.20. The van der Waals surface area contributed by atoms with Crippen LogP contribution in [0.2, 0.25) is 0 Å². The smallest absolute Gasteiger partial charge is 0.244 e. The second-order valence-corrected chi connectivity index (χ2v) is 9.33. The van der Waals surface area contributed by atoms with Crippen LogP contribution in [-0.2, 0) is 40.9 Å². The zero-order valence-electron chi connectivity index (χ0n) is 18.3. The number of benzene rings is 2. The number of pyridine rings is 1. The van der Waals surface area contributed by atoms with Crippen molar-refractivity contribution >= 4 is 27.7 Å². The first kappa shape index (κ1) is 24.1. The molecule has 33 heavy (non-hydrogen) atoms. The van der Waals surface area contributed by atoms with Gasteiger partial charge in [0, 0.05) is 24.0 Å². The molecule has 6 nitrogen and oxygen atoms in total. The Labute approximate surface area is 193 Å². The van der Waals surface area contributed by atoms with Crippen LogP contribution in [0.1, 0.15) is 28.1 Å². The first-order chi connectivity index (χ1) is 15.8. The van der Waals surface area contributed by atoms with Gasteiger partial charge in [-0.05, 0) is 53.8 Å². The van der Waals surface area contributed by atoms with Crippen molar-refractivity contribution in [3.8, 4) is 0 Å². The molecule has 2 N–H and O–H groups in total. The van der Waals surface area contributed by atoms with Crippen molar-refractivity contribution in [1.82, 2.24) is 10.3 Å². The van der Waals surface area contributed by atoms with Crippen LogP contribution in [0.25, 0.3) is 6.08 Å². The van der Waals surface area contributed by atoms with Crippen molar-refractivity contribution in [1.29, 1.82) is 0 Å². The Morgan fingerprint density at radius 1 is 0.970 bits per heavy atom. The van der Waals surface area contributed by atoms with Crippen molar-refractivity contribution in [2.45, 2.75) is 26.1 Å². The summed E-state index contributed by atoms with van der Waals surface area (Å²) in [5, 5.41) is 2.79. The van der Waals surface area contributed by atoms with E-state index in [0.29, 0.717) is 24.3 Å². The summed E-state index contributed by atoms with van der Waals surface area (Å²) >= 11 is 0. The fourth-order valence-electron chi connectivity index (χ4n) is 3.21. The lowest BCUT2D eigenvalue weighted by molar-refractivity contribution is -0.116. The molecule has 0 bridgehead atoms. The van der Waals surface area contributed by atoms with Crippen molar-refractivity contribution in [2.24, 2.45) is 0 Å². The molecule has 1 aromatic heterocycles. The van der Waals surface area contributed by atoms with E-state index in [4.69, 9.17) is 0 Å². The van der Waals surface area contributed by atoms with Gasteiger partial charge in [-0.2, -0.15) is 0 Å². The van der Waals surface area contributed by atoms with Crippen LogP contribution in [-0.4, -0.2) is 25.6 Å². The van der Waals surface area contributed by atoms with Crippen LogP contribution in [0.5, 0.6) is 0 Å². The van der Waals surface area contributed by atoms with E-state index in [9.17, 15) is 17.6 Å². The Balaban J connectivity index is 1.60. The number of rotatable bonds is 10. The third-order valence-electron chi connectivity index (χ3n) is 4.84. The topological polar surface area (TPSA) is 88.2 Å². The second kappa shape index (κ2) is 11.4. The molecular weight excluding hydrogens is 441 g/mol. The molecule has 0 radical (unpaired) electrons. The average molecular weight is 468 g/mol. The van der Waals surface area contributed by atoms with Gasteiger partial charge in [-0.3, -0.25) is 14.5 Å². The van der Waals surface area contributed by atoms with Gasteiger partial charge in [-0.1, -0.05) is 48.5 Å². The highest BCUT2D eigenvalue weighted by atomic mass is 32.2. The minimum Gasteiger partial charge on any atom is -0.348 e. The molecule has 172 valence electrons. The largest absolute Gasteiger partial charge is 0.348 e. The fraction of sp³-hybridized carbons (Fsp3) is 0.200. The maximum absolute atomic E-state index is 13.1. The number of hydrogen-bond acceptors (Lipinski definition) is 4. The monoisotopic (exact) mass is 467 g/mol.